The second-order valence-corrected chi connectivity index (χ2v) is 7.32. The summed E-state index contributed by atoms with van der Waals surface area (Å²) in [5.74, 6) is 0. The summed E-state index contributed by atoms with van der Waals surface area (Å²) < 4.78 is 1.70. The monoisotopic (exact) mass is 420 g/mol. The molecule has 16 heavy (non-hydrogen) atoms. The second-order valence-electron chi connectivity index (χ2n) is 3.87. The molecule has 0 atom stereocenters. The van der Waals surface area contributed by atoms with Crippen molar-refractivity contribution in [2.24, 2.45) is 5.41 Å². The van der Waals surface area contributed by atoms with Crippen LogP contribution in [0.25, 0.3) is 0 Å². The van der Waals surface area contributed by atoms with Gasteiger partial charge in [0.15, 0.2) is 0 Å². The van der Waals surface area contributed by atoms with E-state index in [0.29, 0.717) is 19.0 Å². The van der Waals surface area contributed by atoms with E-state index in [2.05, 4.69) is 67.9 Å². The predicted molar refractivity (Wildman–Crippen MR) is 70.3 cm³/mol. The first-order valence-electron chi connectivity index (χ1n) is 4.47. The molecule has 0 spiro atoms. The van der Waals surface area contributed by atoms with E-state index in [9.17, 15) is 0 Å². The Kier molecular flexibility index (Phi) is 9.61. The zero-order valence-corrected chi connectivity index (χ0v) is 13.9. The molecule has 0 aromatic heterocycles. The summed E-state index contributed by atoms with van der Waals surface area (Å²) in [6.45, 7) is 20.5. The Morgan fingerprint density at radius 3 is 1.50 bits per heavy atom. The Bertz CT molecular complexity index is 304. The minimum absolute atomic E-state index is 0.355. The Balaban J connectivity index is 0. The van der Waals surface area contributed by atoms with Gasteiger partial charge in [-0.25, -0.2) is 0 Å². The van der Waals surface area contributed by atoms with Crippen molar-refractivity contribution < 1.29 is 23.2 Å². The number of halogens is 1. The summed E-state index contributed by atoms with van der Waals surface area (Å²) in [5, 5.41) is 0. The molecule has 1 aliphatic carbocycles. The zero-order chi connectivity index (χ0) is 13.5. The van der Waals surface area contributed by atoms with Crippen LogP contribution in [-0.2, 0) is 23.2 Å². The summed E-state index contributed by atoms with van der Waals surface area (Å²) in [4.78, 5) is 15.0. The van der Waals surface area contributed by atoms with E-state index in [1.807, 2.05) is 0 Å². The predicted octanol–water partition coefficient (Wildman–Crippen LogP) is 3.27. The number of hydrogen-bond donors (Lipinski definition) is 0. The van der Waals surface area contributed by atoms with Gasteiger partial charge in [0, 0.05) is 0 Å². The molecule has 0 aromatic carbocycles. The molecule has 2 nitrogen and oxygen atoms in total. The number of rotatable bonds is 1. The first-order chi connectivity index (χ1) is 7.42. The van der Waals surface area contributed by atoms with Crippen molar-refractivity contribution in [2.45, 2.75) is 34.6 Å². The molecule has 0 amide bonds. The van der Waals surface area contributed by atoms with Crippen LogP contribution in [0.3, 0.4) is 0 Å². The Labute approximate surface area is 117 Å². The normalized spacial score (nSPS) is 17.6. The smallest absolute Gasteiger partial charge is 0.281 e. The fourth-order valence-electron chi connectivity index (χ4n) is 1.67. The molecule has 0 saturated carbocycles. The van der Waals surface area contributed by atoms with Gasteiger partial charge in [-0.2, -0.15) is 0 Å². The van der Waals surface area contributed by atoms with Crippen molar-refractivity contribution in [3.63, 3.8) is 0 Å². The summed E-state index contributed by atoms with van der Waals surface area (Å²) >= 11 is 2.95. The molecular weight excluding hydrogens is 404 g/mol. The minimum Gasteiger partial charge on any atom is -0.281 e. The molecule has 0 saturated heterocycles. The molecule has 4 heteroatoms. The van der Waals surface area contributed by atoms with Gasteiger partial charge in [0.25, 0.3) is 13.6 Å². The van der Waals surface area contributed by atoms with Crippen molar-refractivity contribution in [1.82, 2.24) is 0 Å². The average molecular weight is 419 g/mol. The van der Waals surface area contributed by atoms with Gasteiger partial charge in [-0.05, 0) is 0 Å². The molecule has 0 aromatic rings. The molecule has 90 valence electrons. The molecule has 4 radical (unpaired) electrons. The topological polar surface area (TPSA) is 34.1 Å². The molecule has 1 rings (SSSR count). The molecule has 0 fully saturated rings. The van der Waals surface area contributed by atoms with Crippen LogP contribution in [0.4, 0.5) is 0 Å². The molecular formula is C12H15IO2Ru. The molecule has 0 N–H and O–H groups in total. The summed E-state index contributed by atoms with van der Waals surface area (Å²) in [6, 6.07) is 0. The maximum atomic E-state index is 7.50. The fraction of sp³-hybridized carbons (Fsp3) is 0.500. The third-order valence-corrected chi connectivity index (χ3v) is 7.31. The summed E-state index contributed by atoms with van der Waals surface area (Å²) in [6.07, 6.45) is 0. The first kappa shape index (κ1) is 18.5. The van der Waals surface area contributed by atoms with Crippen LogP contribution in [0.2, 0.25) is 0 Å². The Morgan fingerprint density at radius 2 is 1.38 bits per heavy atom. The fourth-order valence-corrected chi connectivity index (χ4v) is 7.49. The van der Waals surface area contributed by atoms with Crippen LogP contribution < -0.4 is 0 Å². The average Bonchev–Trinajstić information content (AvgIpc) is 2.45. The van der Waals surface area contributed by atoms with Gasteiger partial charge < -0.3 is 0 Å². The van der Waals surface area contributed by atoms with Gasteiger partial charge in [-0.3, -0.25) is 9.59 Å². The van der Waals surface area contributed by atoms with Crippen LogP contribution in [0.15, 0.2) is 20.9 Å². The van der Waals surface area contributed by atoms with Crippen molar-refractivity contribution in [2.75, 3.05) is 0 Å². The van der Waals surface area contributed by atoms with Gasteiger partial charge in [-0.1, -0.05) is 0 Å². The van der Waals surface area contributed by atoms with E-state index in [0.717, 1.165) is 0 Å². The van der Waals surface area contributed by atoms with Crippen molar-refractivity contribution in [3.05, 3.63) is 20.9 Å². The SMILES string of the molecule is CC1=C(C)C(C)(C)[C]([Ru][I])=C1C.[C]=O.[C]=O. The van der Waals surface area contributed by atoms with Crippen molar-refractivity contribution >= 4 is 33.3 Å². The molecule has 0 heterocycles. The standard InChI is InChI=1S/C10H15.2CO.HI.Ru/c1-7-6-10(4,5)9(3)8(7)2;2*1-2;;/h1-5H3;;;1H;/q;;;;+1/p-1. The van der Waals surface area contributed by atoms with Crippen LogP contribution in [0, 0.1) is 5.41 Å². The first-order valence-corrected chi connectivity index (χ1v) is 10.5. The van der Waals surface area contributed by atoms with E-state index in [-0.39, 0.29) is 0 Å². The van der Waals surface area contributed by atoms with E-state index in [1.165, 1.54) is 5.57 Å². The van der Waals surface area contributed by atoms with Crippen LogP contribution in [0.5, 0.6) is 0 Å². The molecule has 0 aliphatic heterocycles. The van der Waals surface area contributed by atoms with Gasteiger partial charge in [0.2, 0.25) is 0 Å². The maximum absolute atomic E-state index is 7.50. The molecule has 1 aliphatic rings. The van der Waals surface area contributed by atoms with Gasteiger partial charge in [-0.15, -0.1) is 0 Å². The Morgan fingerprint density at radius 1 is 1.00 bits per heavy atom. The minimum atomic E-state index is 0.355. The molecule has 0 bridgehead atoms. The second kappa shape index (κ2) is 8.29. The quantitative estimate of drug-likeness (QED) is 0.483. The van der Waals surface area contributed by atoms with Crippen LogP contribution >= 0.6 is 19.8 Å². The van der Waals surface area contributed by atoms with E-state index < -0.39 is 0 Å². The van der Waals surface area contributed by atoms with Crippen molar-refractivity contribution in [1.29, 1.82) is 0 Å². The number of hydrogen-bond acceptors (Lipinski definition) is 2. The summed E-state index contributed by atoms with van der Waals surface area (Å²) in [5.41, 5.74) is 5.01. The van der Waals surface area contributed by atoms with Crippen LogP contribution in [-0.4, -0.2) is 13.6 Å². The van der Waals surface area contributed by atoms with Crippen molar-refractivity contribution in [3.8, 4) is 0 Å². The Hall–Kier alpha value is 0.173. The molecule has 0 unspecified atom stereocenters. The largest absolute Gasteiger partial charge is 0.281 e. The summed E-state index contributed by atoms with van der Waals surface area (Å²) in [7, 11) is 0. The van der Waals surface area contributed by atoms with Crippen LogP contribution in [0.1, 0.15) is 34.6 Å². The third-order valence-electron chi connectivity index (χ3n) is 2.98. The number of allylic oxidation sites excluding steroid dienone is 4. The maximum Gasteiger partial charge on any atom is 0.281 e. The zero-order valence-electron chi connectivity index (χ0n) is 10.0. The number of carbonyl (C=O) groups excluding carboxylic acids is 2. The van der Waals surface area contributed by atoms with Gasteiger partial charge in [0.05, 0.1) is 0 Å². The third kappa shape index (κ3) is 3.59. The van der Waals surface area contributed by atoms with Gasteiger partial charge >= 0.3 is 94.3 Å². The van der Waals surface area contributed by atoms with E-state index >= 15 is 0 Å². The van der Waals surface area contributed by atoms with E-state index in [4.69, 9.17) is 9.59 Å². The van der Waals surface area contributed by atoms with E-state index in [1.54, 1.807) is 15.3 Å². The van der Waals surface area contributed by atoms with Gasteiger partial charge in [0.1, 0.15) is 0 Å².